The molecule has 3 aromatic rings. The van der Waals surface area contributed by atoms with Crippen LogP contribution in [0.4, 0.5) is 18.9 Å². The largest absolute Gasteiger partial charge is 0.416 e. The summed E-state index contributed by atoms with van der Waals surface area (Å²) in [7, 11) is -3.07. The Morgan fingerprint density at radius 1 is 0.923 bits per heavy atom. The van der Waals surface area contributed by atoms with Crippen LogP contribution in [0.5, 0.6) is 0 Å². The minimum Gasteiger partial charge on any atom is -0.357 e. The van der Waals surface area contributed by atoms with Crippen molar-refractivity contribution in [2.45, 2.75) is 44.4 Å². The number of halogens is 3. The number of alkyl halides is 3. The first kappa shape index (κ1) is 29.7. The van der Waals surface area contributed by atoms with E-state index in [4.69, 9.17) is 0 Å². The molecule has 3 aromatic carbocycles. The van der Waals surface area contributed by atoms with Gasteiger partial charge in [-0.2, -0.15) is 13.2 Å². The van der Waals surface area contributed by atoms with Crippen LogP contribution in [0.1, 0.15) is 29.2 Å². The number of benzene rings is 3. The average molecular weight is 562 g/mol. The summed E-state index contributed by atoms with van der Waals surface area (Å²) in [6.45, 7) is 4.30. The van der Waals surface area contributed by atoms with E-state index < -0.39 is 46.2 Å². The van der Waals surface area contributed by atoms with Gasteiger partial charge in [0.1, 0.15) is 12.6 Å². The molecule has 0 saturated heterocycles. The van der Waals surface area contributed by atoms with Crippen molar-refractivity contribution < 1.29 is 31.2 Å². The van der Waals surface area contributed by atoms with Gasteiger partial charge in [0.05, 0.1) is 16.1 Å². The number of likely N-dealkylation sites (N-methyl/N-ethyl adjacent to an activating group) is 1. The van der Waals surface area contributed by atoms with E-state index in [2.05, 4.69) is 5.32 Å². The Kier molecular flexibility index (Phi) is 9.06. The van der Waals surface area contributed by atoms with Gasteiger partial charge in [0.2, 0.25) is 11.8 Å². The summed E-state index contributed by atoms with van der Waals surface area (Å²) in [6.07, 6.45) is -4.73. The summed E-state index contributed by atoms with van der Waals surface area (Å²) < 4.78 is 68.6. The normalized spacial score (nSPS) is 12.5. The highest BCUT2D eigenvalue weighted by atomic mass is 32.2. The number of rotatable bonds is 9. The van der Waals surface area contributed by atoms with Crippen molar-refractivity contribution in [2.24, 2.45) is 0 Å². The zero-order valence-corrected chi connectivity index (χ0v) is 22.8. The molecule has 2 amide bonds. The Bertz CT molecular complexity index is 1420. The summed E-state index contributed by atoms with van der Waals surface area (Å²) in [5, 5.41) is 2.48. The molecule has 1 atom stereocenters. The van der Waals surface area contributed by atoms with E-state index in [1.54, 1.807) is 31.2 Å². The molecular weight excluding hydrogens is 531 g/mol. The van der Waals surface area contributed by atoms with Gasteiger partial charge in [0, 0.05) is 13.6 Å². The molecule has 11 heteroatoms. The maximum absolute atomic E-state index is 13.7. The highest BCUT2D eigenvalue weighted by Crippen LogP contribution is 2.33. The van der Waals surface area contributed by atoms with Crippen LogP contribution < -0.4 is 9.62 Å². The topological polar surface area (TPSA) is 86.8 Å². The molecule has 0 aliphatic carbocycles. The number of nitrogens with one attached hydrogen (secondary N) is 1. The first-order chi connectivity index (χ1) is 18.2. The molecule has 0 aliphatic heterocycles. The third kappa shape index (κ3) is 7.17. The van der Waals surface area contributed by atoms with Gasteiger partial charge in [-0.15, -0.1) is 0 Å². The van der Waals surface area contributed by atoms with Crippen molar-refractivity contribution in [1.82, 2.24) is 10.2 Å². The highest BCUT2D eigenvalue weighted by molar-refractivity contribution is 7.92. The number of aryl methyl sites for hydroxylation is 2. The lowest BCUT2D eigenvalue weighted by atomic mass is 10.1. The van der Waals surface area contributed by atoms with Crippen molar-refractivity contribution in [1.29, 1.82) is 0 Å². The standard InChI is InChI=1S/C28H30F3N3O4S/c1-19-8-12-22(13-9-19)17-33(21(3)27(36)32-4)26(35)18-34(24-7-5-6-23(16-24)28(29,30)31)39(37,38)25-14-10-20(2)11-15-25/h5-16,21H,17-18H2,1-4H3,(H,32,36). The lowest BCUT2D eigenvalue weighted by molar-refractivity contribution is -0.139. The molecule has 3 rings (SSSR count). The maximum Gasteiger partial charge on any atom is 0.416 e. The summed E-state index contributed by atoms with van der Waals surface area (Å²) in [6, 6.07) is 15.8. The molecule has 0 aromatic heterocycles. The van der Waals surface area contributed by atoms with E-state index in [0.29, 0.717) is 15.9 Å². The number of sulfonamides is 1. The monoisotopic (exact) mass is 561 g/mol. The van der Waals surface area contributed by atoms with E-state index in [0.717, 1.165) is 23.3 Å². The minimum atomic E-state index is -4.73. The predicted molar refractivity (Wildman–Crippen MR) is 142 cm³/mol. The number of anilines is 1. The molecular formula is C28H30F3N3O4S. The van der Waals surface area contributed by atoms with Crippen LogP contribution in [0, 0.1) is 13.8 Å². The number of carbonyl (C=O) groups is 2. The minimum absolute atomic E-state index is 0.0191. The van der Waals surface area contributed by atoms with E-state index >= 15 is 0 Å². The van der Waals surface area contributed by atoms with Gasteiger partial charge < -0.3 is 10.2 Å². The van der Waals surface area contributed by atoms with Gasteiger partial charge in [-0.05, 0) is 56.7 Å². The zero-order chi connectivity index (χ0) is 29.0. The molecule has 0 radical (unpaired) electrons. The van der Waals surface area contributed by atoms with Gasteiger partial charge >= 0.3 is 6.18 Å². The van der Waals surface area contributed by atoms with Gasteiger partial charge in [0.25, 0.3) is 10.0 Å². The molecule has 1 N–H and O–H groups in total. The molecule has 0 fully saturated rings. The summed E-state index contributed by atoms with van der Waals surface area (Å²) in [5.41, 5.74) is 1.06. The smallest absolute Gasteiger partial charge is 0.357 e. The Balaban J connectivity index is 2.09. The molecule has 0 spiro atoms. The van der Waals surface area contributed by atoms with Crippen LogP contribution in [0.3, 0.4) is 0 Å². The lowest BCUT2D eigenvalue weighted by Crippen LogP contribution is -2.50. The predicted octanol–water partition coefficient (Wildman–Crippen LogP) is 4.68. The van der Waals surface area contributed by atoms with Crippen molar-refractivity contribution in [2.75, 3.05) is 17.9 Å². The van der Waals surface area contributed by atoms with E-state index in [1.807, 2.05) is 19.1 Å². The van der Waals surface area contributed by atoms with Crippen LogP contribution in [0.25, 0.3) is 0 Å². The fourth-order valence-electron chi connectivity index (χ4n) is 3.89. The quantitative estimate of drug-likeness (QED) is 0.411. The number of amides is 2. The number of nitrogens with zero attached hydrogens (tertiary/aromatic N) is 2. The third-order valence-electron chi connectivity index (χ3n) is 6.24. The second kappa shape index (κ2) is 11.9. The molecule has 1 unspecified atom stereocenters. The Labute approximate surface area is 226 Å². The van der Waals surface area contributed by atoms with Crippen LogP contribution >= 0.6 is 0 Å². The summed E-state index contributed by atoms with van der Waals surface area (Å²) >= 11 is 0. The second-order valence-electron chi connectivity index (χ2n) is 9.17. The van der Waals surface area contributed by atoms with Gasteiger partial charge in [-0.25, -0.2) is 8.42 Å². The van der Waals surface area contributed by atoms with Crippen LogP contribution in [-0.2, 0) is 32.3 Å². The van der Waals surface area contributed by atoms with E-state index in [1.165, 1.54) is 37.1 Å². The molecule has 208 valence electrons. The first-order valence-corrected chi connectivity index (χ1v) is 13.5. The highest BCUT2D eigenvalue weighted by Gasteiger charge is 2.35. The third-order valence-corrected chi connectivity index (χ3v) is 8.02. The first-order valence-electron chi connectivity index (χ1n) is 12.1. The molecule has 0 bridgehead atoms. The maximum atomic E-state index is 13.7. The molecule has 0 heterocycles. The van der Waals surface area contributed by atoms with E-state index in [-0.39, 0.29) is 17.1 Å². The Morgan fingerprint density at radius 3 is 2.03 bits per heavy atom. The van der Waals surface area contributed by atoms with Crippen molar-refractivity contribution >= 4 is 27.5 Å². The SMILES string of the molecule is CNC(=O)C(C)N(Cc1ccc(C)cc1)C(=O)CN(c1cccc(C(F)(F)F)c1)S(=O)(=O)c1ccc(C)cc1. The fourth-order valence-corrected chi connectivity index (χ4v) is 5.29. The molecule has 7 nitrogen and oxygen atoms in total. The summed E-state index contributed by atoms with van der Waals surface area (Å²) in [4.78, 5) is 27.2. The van der Waals surface area contributed by atoms with Crippen molar-refractivity contribution in [3.63, 3.8) is 0 Å². The van der Waals surface area contributed by atoms with Gasteiger partial charge in [-0.1, -0.05) is 53.6 Å². The van der Waals surface area contributed by atoms with Gasteiger partial charge in [-0.3, -0.25) is 13.9 Å². The average Bonchev–Trinajstić information content (AvgIpc) is 2.90. The van der Waals surface area contributed by atoms with Crippen LogP contribution in [0.15, 0.2) is 77.7 Å². The Morgan fingerprint density at radius 2 is 1.49 bits per heavy atom. The lowest BCUT2D eigenvalue weighted by Gasteiger charge is -2.32. The second-order valence-corrected chi connectivity index (χ2v) is 11.0. The molecule has 39 heavy (non-hydrogen) atoms. The fraction of sp³-hybridized carbons (Fsp3) is 0.286. The zero-order valence-electron chi connectivity index (χ0n) is 22.0. The molecule has 0 aliphatic rings. The number of hydrogen-bond acceptors (Lipinski definition) is 4. The summed E-state index contributed by atoms with van der Waals surface area (Å²) in [5.74, 6) is -1.25. The number of hydrogen-bond donors (Lipinski definition) is 1. The Hall–Kier alpha value is -3.86. The van der Waals surface area contributed by atoms with Gasteiger partial charge in [0.15, 0.2) is 0 Å². The molecule has 0 saturated carbocycles. The van der Waals surface area contributed by atoms with E-state index in [9.17, 15) is 31.2 Å². The number of carbonyl (C=O) groups excluding carboxylic acids is 2. The van der Waals surface area contributed by atoms with Crippen LogP contribution in [-0.4, -0.2) is 44.8 Å². The van der Waals surface area contributed by atoms with Crippen molar-refractivity contribution in [3.05, 3.63) is 95.1 Å². The van der Waals surface area contributed by atoms with Crippen molar-refractivity contribution in [3.8, 4) is 0 Å². The van der Waals surface area contributed by atoms with Crippen LogP contribution in [0.2, 0.25) is 0 Å².